The maximum atomic E-state index is 11.6. The van der Waals surface area contributed by atoms with E-state index < -0.39 is 5.54 Å². The second-order valence-electron chi connectivity index (χ2n) is 5.87. The van der Waals surface area contributed by atoms with Crippen LogP contribution in [0, 0.1) is 22.0 Å². The van der Waals surface area contributed by atoms with Crippen molar-refractivity contribution in [3.05, 3.63) is 46.0 Å². The van der Waals surface area contributed by atoms with E-state index in [1.807, 2.05) is 30.3 Å². The van der Waals surface area contributed by atoms with Crippen LogP contribution < -0.4 is 0 Å². The van der Waals surface area contributed by atoms with E-state index in [-0.39, 0.29) is 17.4 Å². The summed E-state index contributed by atoms with van der Waals surface area (Å²) in [4.78, 5) is 11.4. The summed E-state index contributed by atoms with van der Waals surface area (Å²) in [6, 6.07) is 9.67. The van der Waals surface area contributed by atoms with Gasteiger partial charge in [-0.25, -0.2) is 0 Å². The van der Waals surface area contributed by atoms with Gasteiger partial charge in [-0.15, -0.1) is 0 Å². The molecule has 0 spiro atoms. The molecule has 0 aliphatic carbocycles. The minimum Gasteiger partial charge on any atom is -0.374 e. The van der Waals surface area contributed by atoms with E-state index in [2.05, 4.69) is 13.8 Å². The molecule has 4 heteroatoms. The molecule has 2 rings (SSSR count). The summed E-state index contributed by atoms with van der Waals surface area (Å²) in [7, 11) is 0. The first-order valence-electron chi connectivity index (χ1n) is 6.80. The highest BCUT2D eigenvalue weighted by Crippen LogP contribution is 2.33. The van der Waals surface area contributed by atoms with Crippen molar-refractivity contribution < 1.29 is 9.66 Å². The summed E-state index contributed by atoms with van der Waals surface area (Å²) in [5.41, 5.74) is 0.0429. The highest BCUT2D eigenvalue weighted by atomic mass is 16.6. The van der Waals surface area contributed by atoms with Crippen LogP contribution in [0.25, 0.3) is 0 Å². The predicted octanol–water partition coefficient (Wildman–Crippen LogP) is 2.94. The molecule has 104 valence electrons. The van der Waals surface area contributed by atoms with Crippen molar-refractivity contribution in [3.63, 3.8) is 0 Å². The van der Waals surface area contributed by atoms with Crippen molar-refractivity contribution >= 4 is 0 Å². The van der Waals surface area contributed by atoms with Gasteiger partial charge < -0.3 is 4.74 Å². The van der Waals surface area contributed by atoms with Crippen molar-refractivity contribution in [1.29, 1.82) is 0 Å². The van der Waals surface area contributed by atoms with Gasteiger partial charge in [0.15, 0.2) is 0 Å². The SMILES string of the molecule is CC(C)C1COCC(Cc2ccccc2)([N+](=O)[O-])C1. The summed E-state index contributed by atoms with van der Waals surface area (Å²) >= 11 is 0. The number of rotatable bonds is 4. The molecule has 0 bridgehead atoms. The second-order valence-corrected chi connectivity index (χ2v) is 5.87. The van der Waals surface area contributed by atoms with Crippen LogP contribution in [0.1, 0.15) is 25.8 Å². The van der Waals surface area contributed by atoms with Gasteiger partial charge in [-0.05, 0) is 17.4 Å². The van der Waals surface area contributed by atoms with E-state index in [9.17, 15) is 10.1 Å². The first kappa shape index (κ1) is 14.0. The van der Waals surface area contributed by atoms with Gasteiger partial charge in [0.2, 0.25) is 5.54 Å². The van der Waals surface area contributed by atoms with Gasteiger partial charge in [-0.2, -0.15) is 0 Å². The van der Waals surface area contributed by atoms with E-state index in [0.29, 0.717) is 25.4 Å². The fraction of sp³-hybridized carbons (Fsp3) is 0.600. The first-order chi connectivity index (χ1) is 9.03. The number of hydrogen-bond acceptors (Lipinski definition) is 3. The fourth-order valence-corrected chi connectivity index (χ4v) is 2.73. The molecule has 1 fully saturated rings. The Labute approximate surface area is 113 Å². The lowest BCUT2D eigenvalue weighted by molar-refractivity contribution is -0.582. The smallest absolute Gasteiger partial charge is 0.249 e. The molecule has 1 aliphatic rings. The molecule has 1 heterocycles. The van der Waals surface area contributed by atoms with Gasteiger partial charge >= 0.3 is 0 Å². The summed E-state index contributed by atoms with van der Waals surface area (Å²) in [5.74, 6) is 0.679. The molecule has 2 unspecified atom stereocenters. The average molecular weight is 263 g/mol. The zero-order valence-corrected chi connectivity index (χ0v) is 11.5. The summed E-state index contributed by atoms with van der Waals surface area (Å²) in [6.07, 6.45) is 1.05. The highest BCUT2D eigenvalue weighted by Gasteiger charge is 2.48. The van der Waals surface area contributed by atoms with Gasteiger partial charge in [0.25, 0.3) is 0 Å². The van der Waals surface area contributed by atoms with Crippen LogP contribution in [0.15, 0.2) is 30.3 Å². The molecule has 0 aromatic heterocycles. The number of nitrogens with zero attached hydrogens (tertiary/aromatic N) is 1. The topological polar surface area (TPSA) is 52.4 Å². The molecular weight excluding hydrogens is 242 g/mol. The van der Waals surface area contributed by atoms with E-state index in [1.54, 1.807) is 0 Å². The number of ether oxygens (including phenoxy) is 1. The third-order valence-corrected chi connectivity index (χ3v) is 4.05. The van der Waals surface area contributed by atoms with Gasteiger partial charge in [0.1, 0.15) is 6.61 Å². The van der Waals surface area contributed by atoms with Gasteiger partial charge in [0.05, 0.1) is 6.61 Å². The molecule has 1 aliphatic heterocycles. The Morgan fingerprint density at radius 1 is 1.42 bits per heavy atom. The molecule has 0 saturated carbocycles. The van der Waals surface area contributed by atoms with E-state index in [0.717, 1.165) is 5.56 Å². The third-order valence-electron chi connectivity index (χ3n) is 4.05. The molecule has 2 atom stereocenters. The van der Waals surface area contributed by atoms with Crippen molar-refractivity contribution in [1.82, 2.24) is 0 Å². The molecule has 0 radical (unpaired) electrons. The van der Waals surface area contributed by atoms with E-state index >= 15 is 0 Å². The largest absolute Gasteiger partial charge is 0.374 e. The molecular formula is C15H21NO3. The Morgan fingerprint density at radius 3 is 2.68 bits per heavy atom. The second kappa shape index (κ2) is 5.70. The molecule has 1 aromatic rings. The summed E-state index contributed by atoms with van der Waals surface area (Å²) < 4.78 is 5.55. The quantitative estimate of drug-likeness (QED) is 0.620. The Bertz CT molecular complexity index is 432. The monoisotopic (exact) mass is 263 g/mol. The first-order valence-corrected chi connectivity index (χ1v) is 6.80. The van der Waals surface area contributed by atoms with Crippen LogP contribution in [0.3, 0.4) is 0 Å². The molecule has 19 heavy (non-hydrogen) atoms. The standard InChI is InChI=1S/C15H21NO3/c1-12(2)14-9-15(16(17)18,11-19-10-14)8-13-6-4-3-5-7-13/h3-7,12,14H,8-11H2,1-2H3. The number of benzene rings is 1. The van der Waals surface area contributed by atoms with Crippen LogP contribution in [-0.4, -0.2) is 23.7 Å². The fourth-order valence-electron chi connectivity index (χ4n) is 2.73. The maximum Gasteiger partial charge on any atom is 0.249 e. The van der Waals surface area contributed by atoms with Crippen molar-refractivity contribution in [2.45, 2.75) is 32.2 Å². The van der Waals surface area contributed by atoms with Gasteiger partial charge in [0, 0.05) is 17.8 Å². The molecule has 0 amide bonds. The van der Waals surface area contributed by atoms with Crippen LogP contribution in [-0.2, 0) is 11.2 Å². The zero-order valence-electron chi connectivity index (χ0n) is 11.5. The van der Waals surface area contributed by atoms with Crippen LogP contribution in [0.2, 0.25) is 0 Å². The lowest BCUT2D eigenvalue weighted by Crippen LogP contribution is -2.51. The van der Waals surface area contributed by atoms with Gasteiger partial charge in [-0.3, -0.25) is 10.1 Å². The van der Waals surface area contributed by atoms with Gasteiger partial charge in [-0.1, -0.05) is 44.2 Å². The Kier molecular flexibility index (Phi) is 4.20. The zero-order chi connectivity index (χ0) is 13.9. The molecule has 0 N–H and O–H groups in total. The average Bonchev–Trinajstić information content (AvgIpc) is 2.40. The minimum atomic E-state index is -0.964. The van der Waals surface area contributed by atoms with Crippen LogP contribution in [0.4, 0.5) is 0 Å². The van der Waals surface area contributed by atoms with E-state index in [1.165, 1.54) is 0 Å². The third kappa shape index (κ3) is 3.13. The summed E-state index contributed by atoms with van der Waals surface area (Å²) in [5, 5.41) is 11.6. The number of nitro groups is 1. The van der Waals surface area contributed by atoms with Crippen molar-refractivity contribution in [2.75, 3.05) is 13.2 Å². The lowest BCUT2D eigenvalue weighted by atomic mass is 9.78. The molecule has 4 nitrogen and oxygen atoms in total. The van der Waals surface area contributed by atoms with Crippen molar-refractivity contribution in [2.24, 2.45) is 11.8 Å². The van der Waals surface area contributed by atoms with Crippen LogP contribution >= 0.6 is 0 Å². The normalized spacial score (nSPS) is 27.4. The highest BCUT2D eigenvalue weighted by molar-refractivity contribution is 5.17. The summed E-state index contributed by atoms with van der Waals surface area (Å²) in [6.45, 7) is 5.07. The Hall–Kier alpha value is -1.42. The Morgan fingerprint density at radius 2 is 2.11 bits per heavy atom. The van der Waals surface area contributed by atoms with Crippen molar-refractivity contribution in [3.8, 4) is 0 Å². The Balaban J connectivity index is 2.20. The maximum absolute atomic E-state index is 11.6. The predicted molar refractivity (Wildman–Crippen MR) is 73.6 cm³/mol. The molecule has 1 saturated heterocycles. The molecule has 1 aromatic carbocycles. The van der Waals surface area contributed by atoms with Crippen LogP contribution in [0.5, 0.6) is 0 Å². The van der Waals surface area contributed by atoms with E-state index in [4.69, 9.17) is 4.74 Å². The minimum absolute atomic E-state index is 0.130. The number of hydrogen-bond donors (Lipinski definition) is 0. The lowest BCUT2D eigenvalue weighted by Gasteiger charge is -2.35.